The normalized spacial score (nSPS) is 17.0. The molecule has 3 heterocycles. The summed E-state index contributed by atoms with van der Waals surface area (Å²) < 4.78 is 7.24. The highest BCUT2D eigenvalue weighted by molar-refractivity contribution is 7.15. The molecule has 6 nitrogen and oxygen atoms in total. The van der Waals surface area contributed by atoms with Crippen molar-refractivity contribution in [3.05, 3.63) is 41.5 Å². The summed E-state index contributed by atoms with van der Waals surface area (Å²) in [4.78, 5) is 23.1. The van der Waals surface area contributed by atoms with E-state index in [9.17, 15) is 4.79 Å². The molecule has 0 saturated carbocycles. The molecule has 1 aliphatic rings. The van der Waals surface area contributed by atoms with Crippen molar-refractivity contribution >= 4 is 22.2 Å². The van der Waals surface area contributed by atoms with Gasteiger partial charge in [0, 0.05) is 36.3 Å². The Hall–Kier alpha value is -2.38. The third-order valence-electron chi connectivity index (χ3n) is 5.57. The van der Waals surface area contributed by atoms with Crippen LogP contribution in [0.25, 0.3) is 16.2 Å². The molecule has 4 rings (SSSR count). The maximum Gasteiger partial charge on any atom is 0.271 e. The lowest BCUT2D eigenvalue weighted by molar-refractivity contribution is 0.0771. The average molecular weight is 399 g/mol. The van der Waals surface area contributed by atoms with Gasteiger partial charge < -0.3 is 9.64 Å². The molecule has 148 valence electrons. The quantitative estimate of drug-likeness (QED) is 0.636. The fourth-order valence-corrected chi connectivity index (χ4v) is 4.83. The number of thiazole rings is 1. The second-order valence-corrected chi connectivity index (χ2v) is 7.88. The van der Waals surface area contributed by atoms with E-state index in [4.69, 9.17) is 9.72 Å². The van der Waals surface area contributed by atoms with Crippen LogP contribution in [0.2, 0.25) is 0 Å². The molecular formula is C21H26N4O2S. The molecule has 1 amide bonds. The van der Waals surface area contributed by atoms with Gasteiger partial charge in [0.1, 0.15) is 11.4 Å². The van der Waals surface area contributed by atoms with E-state index in [1.54, 1.807) is 7.11 Å². The highest BCUT2D eigenvalue weighted by Gasteiger charge is 2.31. The summed E-state index contributed by atoms with van der Waals surface area (Å²) in [5.74, 6) is 0.889. The smallest absolute Gasteiger partial charge is 0.271 e. The monoisotopic (exact) mass is 398 g/mol. The van der Waals surface area contributed by atoms with Crippen molar-refractivity contribution in [3.8, 4) is 17.0 Å². The lowest BCUT2D eigenvalue weighted by atomic mass is 10.1. The molecule has 28 heavy (non-hydrogen) atoms. The maximum atomic E-state index is 13.2. The summed E-state index contributed by atoms with van der Waals surface area (Å²) in [6.45, 7) is 8.03. The first-order chi connectivity index (χ1) is 13.6. The average Bonchev–Trinajstić information content (AvgIpc) is 3.44. The number of ether oxygens (including phenoxy) is 1. The molecule has 0 N–H and O–H groups in total. The molecule has 0 bridgehead atoms. The first-order valence-corrected chi connectivity index (χ1v) is 10.7. The van der Waals surface area contributed by atoms with Gasteiger partial charge in [-0.3, -0.25) is 14.1 Å². The Balaban J connectivity index is 1.58. The molecule has 0 spiro atoms. The third kappa shape index (κ3) is 3.40. The Labute approximate surface area is 169 Å². The van der Waals surface area contributed by atoms with Crippen molar-refractivity contribution in [2.45, 2.75) is 26.3 Å². The number of aromatic nitrogens is 2. The molecule has 0 radical (unpaired) electrons. The van der Waals surface area contributed by atoms with Gasteiger partial charge in [-0.25, -0.2) is 4.98 Å². The van der Waals surface area contributed by atoms with E-state index >= 15 is 0 Å². The lowest BCUT2D eigenvalue weighted by Crippen LogP contribution is -2.38. The van der Waals surface area contributed by atoms with E-state index in [0.29, 0.717) is 11.7 Å². The number of imidazole rings is 1. The van der Waals surface area contributed by atoms with Crippen LogP contribution in [0.1, 0.15) is 30.8 Å². The van der Waals surface area contributed by atoms with Crippen LogP contribution in [0, 0.1) is 0 Å². The van der Waals surface area contributed by atoms with Crippen LogP contribution < -0.4 is 4.74 Å². The van der Waals surface area contributed by atoms with Gasteiger partial charge in [0.15, 0.2) is 4.96 Å². The molecule has 0 aliphatic carbocycles. The van der Waals surface area contributed by atoms with E-state index in [0.717, 1.165) is 54.6 Å². The standard InChI is InChI=1S/C21H26N4O2S/c1-4-23(5-2)16-9-10-24(12-16)20(26)19-14-28-21-22-18(13-25(19)21)15-7-6-8-17(11-15)27-3/h6-8,11,13-14,16H,4-5,9-10,12H2,1-3H3/t16-/m0/s1. The largest absolute Gasteiger partial charge is 0.497 e. The number of hydrogen-bond donors (Lipinski definition) is 0. The zero-order valence-electron chi connectivity index (χ0n) is 16.6. The van der Waals surface area contributed by atoms with E-state index in [-0.39, 0.29) is 5.91 Å². The molecule has 1 atom stereocenters. The Morgan fingerprint density at radius 2 is 2.18 bits per heavy atom. The number of rotatable bonds is 6. The number of likely N-dealkylation sites (tertiary alicyclic amines) is 1. The van der Waals surface area contributed by atoms with Crippen molar-refractivity contribution in [2.75, 3.05) is 33.3 Å². The summed E-state index contributed by atoms with van der Waals surface area (Å²) in [5.41, 5.74) is 2.53. The zero-order valence-corrected chi connectivity index (χ0v) is 17.4. The molecule has 1 aromatic carbocycles. The second kappa shape index (κ2) is 7.93. The van der Waals surface area contributed by atoms with Crippen molar-refractivity contribution < 1.29 is 9.53 Å². The third-order valence-corrected chi connectivity index (χ3v) is 6.41. The zero-order chi connectivity index (χ0) is 19.7. The molecule has 2 aromatic heterocycles. The summed E-state index contributed by atoms with van der Waals surface area (Å²) in [6.07, 6.45) is 2.99. The van der Waals surface area contributed by atoms with Crippen LogP contribution in [0.15, 0.2) is 35.8 Å². The fourth-order valence-electron chi connectivity index (χ4n) is 3.99. The minimum atomic E-state index is 0.0931. The predicted octanol–water partition coefficient (Wildman–Crippen LogP) is 3.63. The minimum absolute atomic E-state index is 0.0931. The minimum Gasteiger partial charge on any atom is -0.497 e. The number of likely N-dealkylation sites (N-methyl/N-ethyl adjacent to an activating group) is 1. The summed E-state index contributed by atoms with van der Waals surface area (Å²) in [7, 11) is 1.66. The number of carbonyl (C=O) groups is 1. The topological polar surface area (TPSA) is 50.1 Å². The summed E-state index contributed by atoms with van der Waals surface area (Å²) >= 11 is 1.51. The van der Waals surface area contributed by atoms with Gasteiger partial charge in [-0.15, -0.1) is 11.3 Å². The van der Waals surface area contributed by atoms with Crippen molar-refractivity contribution in [2.24, 2.45) is 0 Å². The first-order valence-electron chi connectivity index (χ1n) is 9.79. The van der Waals surface area contributed by atoms with Gasteiger partial charge >= 0.3 is 0 Å². The van der Waals surface area contributed by atoms with Crippen LogP contribution >= 0.6 is 11.3 Å². The number of fused-ring (bicyclic) bond motifs is 1. The van der Waals surface area contributed by atoms with E-state index < -0.39 is 0 Å². The first kappa shape index (κ1) is 19.0. The second-order valence-electron chi connectivity index (χ2n) is 7.05. The number of methoxy groups -OCH3 is 1. The van der Waals surface area contributed by atoms with Gasteiger partial charge in [-0.2, -0.15) is 0 Å². The molecule has 7 heteroatoms. The van der Waals surface area contributed by atoms with Crippen LogP contribution in [0.5, 0.6) is 5.75 Å². The van der Waals surface area contributed by atoms with E-state index in [1.807, 2.05) is 45.1 Å². The highest BCUT2D eigenvalue weighted by atomic mass is 32.1. The number of hydrogen-bond acceptors (Lipinski definition) is 5. The molecule has 1 aliphatic heterocycles. The molecule has 0 unspecified atom stereocenters. The molecular weight excluding hydrogens is 372 g/mol. The summed E-state index contributed by atoms with van der Waals surface area (Å²) in [6, 6.07) is 8.29. The Morgan fingerprint density at radius 3 is 2.93 bits per heavy atom. The predicted molar refractivity (Wildman–Crippen MR) is 112 cm³/mol. The number of amides is 1. The van der Waals surface area contributed by atoms with Gasteiger partial charge in [-0.05, 0) is 31.6 Å². The SMILES string of the molecule is CCN(CC)[C@H]1CCN(C(=O)c2csc3nc(-c4cccc(OC)c4)cn23)C1. The lowest BCUT2D eigenvalue weighted by Gasteiger charge is -2.26. The number of carbonyl (C=O) groups excluding carboxylic acids is 1. The fraction of sp³-hybridized carbons (Fsp3) is 0.429. The van der Waals surface area contributed by atoms with E-state index in [2.05, 4.69) is 18.7 Å². The Morgan fingerprint density at radius 1 is 1.36 bits per heavy atom. The van der Waals surface area contributed by atoms with Gasteiger partial charge in [0.25, 0.3) is 5.91 Å². The van der Waals surface area contributed by atoms with Crippen LogP contribution in [0.3, 0.4) is 0 Å². The van der Waals surface area contributed by atoms with Crippen LogP contribution in [0.4, 0.5) is 0 Å². The summed E-state index contributed by atoms with van der Waals surface area (Å²) in [5, 5.41) is 1.92. The van der Waals surface area contributed by atoms with Crippen LogP contribution in [-0.4, -0.2) is 64.4 Å². The maximum absolute atomic E-state index is 13.2. The van der Waals surface area contributed by atoms with E-state index in [1.165, 1.54) is 11.3 Å². The van der Waals surface area contributed by atoms with Gasteiger partial charge in [0.05, 0.1) is 12.8 Å². The number of benzene rings is 1. The molecule has 3 aromatic rings. The number of nitrogens with zero attached hydrogens (tertiary/aromatic N) is 4. The van der Waals surface area contributed by atoms with Crippen molar-refractivity contribution in [1.82, 2.24) is 19.2 Å². The van der Waals surface area contributed by atoms with Crippen LogP contribution in [-0.2, 0) is 0 Å². The Kier molecular flexibility index (Phi) is 5.37. The van der Waals surface area contributed by atoms with Crippen molar-refractivity contribution in [3.63, 3.8) is 0 Å². The van der Waals surface area contributed by atoms with Gasteiger partial charge in [-0.1, -0.05) is 26.0 Å². The molecule has 1 fully saturated rings. The Bertz CT molecular complexity index is 976. The highest BCUT2D eigenvalue weighted by Crippen LogP contribution is 2.27. The van der Waals surface area contributed by atoms with Crippen molar-refractivity contribution in [1.29, 1.82) is 0 Å². The molecule has 1 saturated heterocycles. The van der Waals surface area contributed by atoms with Gasteiger partial charge in [0.2, 0.25) is 0 Å².